The molecule has 4 atom stereocenters. The molecule has 28 nitrogen and oxygen atoms in total. The Morgan fingerprint density at radius 1 is 0.377 bits per heavy atom. The molecule has 6 N–H and O–H groups in total. The van der Waals surface area contributed by atoms with Crippen LogP contribution in [0.15, 0.2) is 4.42 Å². The monoisotopic (exact) mass is 1730 g/mol. The number of ether oxygens (including phenoxy) is 1. The molecule has 10 amide bonds. The van der Waals surface area contributed by atoms with E-state index in [1.807, 2.05) is 239 Å². The van der Waals surface area contributed by atoms with E-state index in [-0.39, 0.29) is 155 Å². The summed E-state index contributed by atoms with van der Waals surface area (Å²) < 4.78 is 10.9. The van der Waals surface area contributed by atoms with Gasteiger partial charge < -0.3 is 65.6 Å². The largest absolute Gasteiger partial charge is 0.425 e. The van der Waals surface area contributed by atoms with E-state index in [4.69, 9.17) is 9.15 Å². The molecule has 6 aliphatic rings. The number of hydrogen-bond acceptors (Lipinski definition) is 18. The molecule has 1 aromatic rings. The number of nitrogens with zero attached hydrogens (tertiary/aromatic N) is 9. The average molecular weight is 1730 g/mol. The van der Waals surface area contributed by atoms with Gasteiger partial charge in [-0.25, -0.2) is 0 Å². The van der Waals surface area contributed by atoms with Crippen LogP contribution < -0.4 is 31.9 Å². The van der Waals surface area contributed by atoms with Gasteiger partial charge in [-0.2, -0.15) is 0 Å². The SMILES string of the molecule is CC(C)C(=O)N(C)C1CCN(C(C)C)C1.CC(C)C(=O)NC1CCN(C(=O)C(C)C)C1.CC(C)C(=O)NC1CCN(C(=O)C(C)C)C1.CC(C)C(=O)NC1CCN(C(C)C)C1.CC(C)CC(=O)CNC(=O)C(C)C.CC(C)NC(=O)C(C)C.CC(C)NC1CCN(C(=O)C(C)C)CC1.CC(C)OC1CN(C(=O)C(C)C)C1.CC(C)c1nnc(C(C)C)o1. The van der Waals surface area contributed by atoms with E-state index in [9.17, 15) is 52.7 Å². The number of amides is 10. The number of rotatable bonds is 27. The molecule has 710 valence electrons. The molecule has 7 heterocycles. The van der Waals surface area contributed by atoms with E-state index in [2.05, 4.69) is 93.4 Å². The van der Waals surface area contributed by atoms with Gasteiger partial charge in [-0.1, -0.05) is 194 Å². The number of carbonyl (C=O) groups is 11. The lowest BCUT2D eigenvalue weighted by Crippen LogP contribution is -2.56. The number of aromatic nitrogens is 2. The minimum absolute atomic E-state index is 0.00912. The van der Waals surface area contributed by atoms with E-state index in [0.29, 0.717) is 79.4 Å². The van der Waals surface area contributed by atoms with Crippen molar-refractivity contribution in [2.75, 3.05) is 92.1 Å². The second-order valence-electron chi connectivity index (χ2n) is 39.4. The van der Waals surface area contributed by atoms with Gasteiger partial charge in [0.1, 0.15) is 0 Å². The van der Waals surface area contributed by atoms with Crippen LogP contribution in [-0.2, 0) is 57.5 Å². The Hall–Kier alpha value is -6.65. The molecule has 6 aliphatic heterocycles. The zero-order valence-corrected chi connectivity index (χ0v) is 83.8. The van der Waals surface area contributed by atoms with Crippen LogP contribution in [0.25, 0.3) is 0 Å². The molecular weight excluding hydrogens is 1550 g/mol. The summed E-state index contributed by atoms with van der Waals surface area (Å²) in [4.78, 5) is 140. The normalized spacial score (nSPS) is 18.1. The predicted molar refractivity (Wildman–Crippen MR) is 493 cm³/mol. The van der Waals surface area contributed by atoms with Crippen LogP contribution in [0.4, 0.5) is 0 Å². The fraction of sp³-hybridized carbons (Fsp3) is 0.862. The molecule has 1 aromatic heterocycles. The third-order valence-corrected chi connectivity index (χ3v) is 20.9. The van der Waals surface area contributed by atoms with Crippen molar-refractivity contribution in [2.24, 2.45) is 65.1 Å². The number of piperidine rings is 1. The maximum absolute atomic E-state index is 11.8. The van der Waals surface area contributed by atoms with Crippen LogP contribution >= 0.6 is 0 Å². The molecule has 6 fully saturated rings. The fourth-order valence-electron chi connectivity index (χ4n) is 13.1. The molecule has 0 radical (unpaired) electrons. The molecule has 7 rings (SSSR count). The van der Waals surface area contributed by atoms with Gasteiger partial charge in [0.05, 0.1) is 18.8 Å². The van der Waals surface area contributed by atoms with Crippen molar-refractivity contribution in [2.45, 2.75) is 373 Å². The van der Waals surface area contributed by atoms with Crippen molar-refractivity contribution in [1.29, 1.82) is 0 Å². The van der Waals surface area contributed by atoms with E-state index in [1.54, 1.807) is 0 Å². The molecule has 0 bridgehead atoms. The van der Waals surface area contributed by atoms with Gasteiger partial charge in [-0.3, -0.25) is 62.5 Å². The first-order valence-corrected chi connectivity index (χ1v) is 46.5. The number of likely N-dealkylation sites (N-methyl/N-ethyl adjacent to an activating group) is 1. The van der Waals surface area contributed by atoms with Gasteiger partial charge in [0.2, 0.25) is 70.9 Å². The summed E-state index contributed by atoms with van der Waals surface area (Å²) >= 11 is 0. The lowest BCUT2D eigenvalue weighted by Gasteiger charge is -2.40. The van der Waals surface area contributed by atoms with Crippen molar-refractivity contribution in [3.8, 4) is 0 Å². The van der Waals surface area contributed by atoms with Crippen molar-refractivity contribution in [1.82, 2.24) is 76.4 Å². The molecular formula is C94H181N15O13. The molecule has 28 heteroatoms. The third kappa shape index (κ3) is 49.9. The minimum atomic E-state index is -0.0582. The molecule has 122 heavy (non-hydrogen) atoms. The lowest BCUT2D eigenvalue weighted by molar-refractivity contribution is -0.151. The van der Waals surface area contributed by atoms with Crippen molar-refractivity contribution in [3.63, 3.8) is 0 Å². The Balaban J connectivity index is 0. The van der Waals surface area contributed by atoms with Crippen LogP contribution in [-0.4, -0.2) is 268 Å². The number of carbonyl (C=O) groups excluding carboxylic acids is 11. The average Bonchev–Trinajstić information content (AvgIpc) is 1.34. The van der Waals surface area contributed by atoms with Gasteiger partial charge >= 0.3 is 0 Å². The number of nitrogens with one attached hydrogen (secondary N) is 6. The summed E-state index contributed by atoms with van der Waals surface area (Å²) in [6.07, 6.45) is 7.22. The topological polar surface area (TPSA) is 331 Å². The first kappa shape index (κ1) is 117. The van der Waals surface area contributed by atoms with Gasteiger partial charge in [-0.05, 0) is 99.8 Å². The summed E-state index contributed by atoms with van der Waals surface area (Å²) in [6, 6.07) is 3.65. The van der Waals surface area contributed by atoms with Gasteiger partial charge in [-0.15, -0.1) is 10.2 Å². The Morgan fingerprint density at radius 2 is 0.721 bits per heavy atom. The van der Waals surface area contributed by atoms with E-state index >= 15 is 0 Å². The zero-order chi connectivity index (χ0) is 94.6. The van der Waals surface area contributed by atoms with Crippen LogP contribution in [0.1, 0.15) is 318 Å². The Morgan fingerprint density at radius 3 is 1.02 bits per heavy atom. The van der Waals surface area contributed by atoms with Gasteiger partial charge in [0.25, 0.3) is 0 Å². The van der Waals surface area contributed by atoms with Gasteiger partial charge in [0, 0.05) is 217 Å². The number of ketones is 1. The summed E-state index contributed by atoms with van der Waals surface area (Å²) in [6.45, 7) is 82.1. The maximum Gasteiger partial charge on any atom is 0.225 e. The van der Waals surface area contributed by atoms with E-state index in [1.165, 1.54) is 0 Å². The van der Waals surface area contributed by atoms with Crippen molar-refractivity contribution >= 4 is 64.9 Å². The van der Waals surface area contributed by atoms with Crippen molar-refractivity contribution < 1.29 is 61.9 Å². The lowest BCUT2D eigenvalue weighted by atomic mass is 10.0. The summed E-state index contributed by atoms with van der Waals surface area (Å²) in [5, 5.41) is 25.8. The number of likely N-dealkylation sites (tertiary alicyclic amines) is 6. The first-order valence-electron chi connectivity index (χ1n) is 46.5. The predicted octanol–water partition coefficient (Wildman–Crippen LogP) is 12.6. The molecule has 0 aromatic carbocycles. The number of hydrogen-bond donors (Lipinski definition) is 6. The smallest absolute Gasteiger partial charge is 0.225 e. The van der Waals surface area contributed by atoms with E-state index < -0.39 is 0 Å². The second kappa shape index (κ2) is 60.9. The highest BCUT2D eigenvalue weighted by atomic mass is 16.5. The van der Waals surface area contributed by atoms with Crippen LogP contribution in [0.3, 0.4) is 0 Å². The molecule has 6 saturated heterocycles. The van der Waals surface area contributed by atoms with Crippen LogP contribution in [0.2, 0.25) is 0 Å². The highest BCUT2D eigenvalue weighted by Gasteiger charge is 2.35. The second-order valence-corrected chi connectivity index (χ2v) is 39.4. The number of Topliss-reactive ketones (excluding diaryl/α,β-unsaturated/α-hetero) is 1. The Labute approximate surface area is 741 Å². The van der Waals surface area contributed by atoms with Crippen LogP contribution in [0, 0.1) is 65.1 Å². The zero-order valence-electron chi connectivity index (χ0n) is 83.8. The van der Waals surface area contributed by atoms with Crippen LogP contribution in [0.5, 0.6) is 0 Å². The molecule has 4 unspecified atom stereocenters. The molecule has 0 aliphatic carbocycles. The third-order valence-electron chi connectivity index (χ3n) is 20.9. The fourth-order valence-corrected chi connectivity index (χ4v) is 13.1. The Kier molecular flexibility index (Phi) is 58.6. The standard InChI is InChI=1S/2C12H22N2O2.2C12H24N2O.C11H22N2O.2C10H19NO2.C8H14N2O.C7H15NO/c2*1-8(2)11(15)13-10-5-6-14(7-10)12(16)9(3)4;1-9(2)12(15)13(5)11-6-7-14(8-11)10(3)4;1-9(2)12(15)14-7-5-11(6-8-14)13-10(3)4;1-8(2)11(14)12-10-5-6-13(7-10)9(3)4;1-7(2)10(12)11-5-9(6-11)13-8(3)4;1-7(2)5-9(12)6-11-10(13)8(3)4;1-5(2)7-9-10-8(11-7)6(3)4;1-5(2)7(9)8-6(3)4/h2*8-10H,5-7H2,1-4H3,(H,13,15);9-11H,6-8H2,1-5H3;9-11,13H,5-8H2,1-4H3;8-10H,5-7H2,1-4H3,(H,12,14);7-9H,5-6H2,1-4H3;7-8H,5-6H2,1-4H3,(H,11,13);5-6H,1-4H3;5-6H,1-4H3,(H,8,9). The Bertz CT molecular complexity index is 3090. The highest BCUT2D eigenvalue weighted by molar-refractivity contribution is 5.87. The summed E-state index contributed by atoms with van der Waals surface area (Å²) in [5.74, 6) is 4.78. The van der Waals surface area contributed by atoms with Gasteiger partial charge in [0.15, 0.2) is 5.78 Å². The van der Waals surface area contributed by atoms with Crippen molar-refractivity contribution in [3.05, 3.63) is 11.8 Å². The molecule has 0 spiro atoms. The molecule has 0 saturated carbocycles. The maximum atomic E-state index is 11.8. The highest BCUT2D eigenvalue weighted by Crippen LogP contribution is 2.22. The quantitative estimate of drug-likeness (QED) is 0.0476. The summed E-state index contributed by atoms with van der Waals surface area (Å²) in [5.41, 5.74) is 0. The minimum Gasteiger partial charge on any atom is -0.425 e. The summed E-state index contributed by atoms with van der Waals surface area (Å²) in [7, 11) is 1.94. The van der Waals surface area contributed by atoms with E-state index in [0.717, 1.165) is 116 Å². The first-order chi connectivity index (χ1) is 56.3.